The van der Waals surface area contributed by atoms with Gasteiger partial charge in [0.1, 0.15) is 17.9 Å². The predicted molar refractivity (Wildman–Crippen MR) is 65.3 cm³/mol. The summed E-state index contributed by atoms with van der Waals surface area (Å²) in [5.41, 5.74) is 0.646. The van der Waals surface area contributed by atoms with E-state index >= 15 is 0 Å². The van der Waals surface area contributed by atoms with Crippen LogP contribution in [0.15, 0.2) is 24.4 Å². The zero-order valence-corrected chi connectivity index (χ0v) is 10.5. The number of ether oxygens (including phenoxy) is 2. The topological polar surface area (TPSA) is 86.5 Å². The van der Waals surface area contributed by atoms with E-state index in [2.05, 4.69) is 10.3 Å². The van der Waals surface area contributed by atoms with Crippen molar-refractivity contribution >= 4 is 5.97 Å². The third kappa shape index (κ3) is 2.82. The highest BCUT2D eigenvalue weighted by Crippen LogP contribution is 2.31. The third-order valence-corrected chi connectivity index (χ3v) is 2.44. The number of aromatic nitrogens is 3. The lowest BCUT2D eigenvalue weighted by Crippen LogP contribution is -2.05. The molecule has 0 unspecified atom stereocenters. The first-order chi connectivity index (χ1) is 9.11. The lowest BCUT2D eigenvalue weighted by molar-refractivity contribution is 0.0690. The molecule has 0 aliphatic heterocycles. The molecule has 19 heavy (non-hydrogen) atoms. The van der Waals surface area contributed by atoms with Crippen molar-refractivity contribution in [2.24, 2.45) is 7.05 Å². The molecule has 1 heterocycles. The van der Waals surface area contributed by atoms with Gasteiger partial charge in [-0.15, -0.1) is 5.10 Å². The van der Waals surface area contributed by atoms with Crippen LogP contribution in [0.1, 0.15) is 16.1 Å². The fourth-order valence-electron chi connectivity index (χ4n) is 1.60. The smallest absolute Gasteiger partial charge is 0.339 e. The van der Waals surface area contributed by atoms with E-state index in [0.717, 1.165) is 0 Å². The quantitative estimate of drug-likeness (QED) is 0.869. The molecule has 0 spiro atoms. The summed E-state index contributed by atoms with van der Waals surface area (Å²) in [6.45, 7) is 0.120. The highest BCUT2D eigenvalue weighted by Gasteiger charge is 2.16. The Bertz CT molecular complexity index is 594. The number of carboxylic acid groups (broad SMARTS) is 1. The van der Waals surface area contributed by atoms with Gasteiger partial charge in [-0.3, -0.25) is 4.68 Å². The van der Waals surface area contributed by atoms with E-state index in [1.165, 1.54) is 13.2 Å². The average Bonchev–Trinajstić information content (AvgIpc) is 2.81. The van der Waals surface area contributed by atoms with Crippen molar-refractivity contribution in [1.29, 1.82) is 0 Å². The number of carboxylic acids is 1. The minimum absolute atomic E-state index is 0.0447. The molecule has 0 aliphatic carbocycles. The highest BCUT2D eigenvalue weighted by molar-refractivity contribution is 5.92. The van der Waals surface area contributed by atoms with Crippen LogP contribution in [0, 0.1) is 0 Å². The van der Waals surface area contributed by atoms with Crippen LogP contribution in [0.3, 0.4) is 0 Å². The molecule has 100 valence electrons. The Kier molecular flexibility index (Phi) is 3.65. The SMILES string of the molecule is COc1cccc(C(=O)O)c1OCc1cn(C)nn1. The van der Waals surface area contributed by atoms with Crippen LogP contribution < -0.4 is 9.47 Å². The van der Waals surface area contributed by atoms with Gasteiger partial charge in [-0.1, -0.05) is 11.3 Å². The van der Waals surface area contributed by atoms with Crippen molar-refractivity contribution in [3.05, 3.63) is 35.7 Å². The van der Waals surface area contributed by atoms with Gasteiger partial charge in [-0.2, -0.15) is 0 Å². The summed E-state index contributed by atoms with van der Waals surface area (Å²) in [6, 6.07) is 4.69. The third-order valence-electron chi connectivity index (χ3n) is 2.44. The minimum atomic E-state index is -1.08. The standard InChI is InChI=1S/C12H13N3O4/c1-15-6-8(13-14-15)7-19-11-9(12(16)17)4-3-5-10(11)18-2/h3-6H,7H2,1-2H3,(H,16,17). The molecule has 7 heteroatoms. The lowest BCUT2D eigenvalue weighted by Gasteiger charge is -2.11. The Morgan fingerprint density at radius 1 is 1.47 bits per heavy atom. The van der Waals surface area contributed by atoms with Crippen LogP contribution in [-0.4, -0.2) is 33.2 Å². The van der Waals surface area contributed by atoms with Gasteiger partial charge in [0, 0.05) is 7.05 Å². The second-order valence-corrected chi connectivity index (χ2v) is 3.81. The van der Waals surface area contributed by atoms with Crippen LogP contribution in [0.5, 0.6) is 11.5 Å². The zero-order valence-electron chi connectivity index (χ0n) is 10.5. The molecular formula is C12H13N3O4. The van der Waals surface area contributed by atoms with Gasteiger partial charge in [-0.25, -0.2) is 4.79 Å². The maximum Gasteiger partial charge on any atom is 0.339 e. The molecule has 0 saturated carbocycles. The number of methoxy groups -OCH3 is 1. The average molecular weight is 263 g/mol. The molecule has 1 aromatic heterocycles. The summed E-state index contributed by atoms with van der Waals surface area (Å²) in [7, 11) is 3.19. The van der Waals surface area contributed by atoms with Crippen LogP contribution in [0.2, 0.25) is 0 Å². The first-order valence-corrected chi connectivity index (χ1v) is 5.50. The van der Waals surface area contributed by atoms with Crippen molar-refractivity contribution in [3.63, 3.8) is 0 Å². The molecule has 0 fully saturated rings. The van der Waals surface area contributed by atoms with E-state index in [-0.39, 0.29) is 17.9 Å². The summed E-state index contributed by atoms with van der Waals surface area (Å²) in [5, 5.41) is 16.7. The normalized spacial score (nSPS) is 10.2. The van der Waals surface area contributed by atoms with Crippen molar-refractivity contribution in [2.75, 3.05) is 7.11 Å². The van der Waals surface area contributed by atoms with Gasteiger partial charge >= 0.3 is 5.97 Å². The van der Waals surface area contributed by atoms with Gasteiger partial charge in [0.15, 0.2) is 11.5 Å². The largest absolute Gasteiger partial charge is 0.493 e. The highest BCUT2D eigenvalue weighted by atomic mass is 16.5. The Balaban J connectivity index is 2.25. The molecular weight excluding hydrogens is 250 g/mol. The predicted octanol–water partition coefficient (Wildman–Crippen LogP) is 1.10. The summed E-state index contributed by atoms with van der Waals surface area (Å²) in [4.78, 5) is 11.1. The Morgan fingerprint density at radius 2 is 2.26 bits per heavy atom. The number of benzene rings is 1. The number of hydrogen-bond acceptors (Lipinski definition) is 5. The first kappa shape index (κ1) is 12.9. The van der Waals surface area contributed by atoms with Gasteiger partial charge in [0.05, 0.1) is 13.3 Å². The fourth-order valence-corrected chi connectivity index (χ4v) is 1.60. The zero-order chi connectivity index (χ0) is 13.8. The van der Waals surface area contributed by atoms with Crippen LogP contribution in [0.25, 0.3) is 0 Å². The van der Waals surface area contributed by atoms with Gasteiger partial charge in [0.2, 0.25) is 0 Å². The maximum absolute atomic E-state index is 11.1. The second-order valence-electron chi connectivity index (χ2n) is 3.81. The molecule has 0 atom stereocenters. The van der Waals surface area contributed by atoms with E-state index in [1.54, 1.807) is 30.1 Å². The van der Waals surface area contributed by atoms with Crippen molar-refractivity contribution in [1.82, 2.24) is 15.0 Å². The van der Waals surface area contributed by atoms with Gasteiger partial charge < -0.3 is 14.6 Å². The van der Waals surface area contributed by atoms with Gasteiger partial charge in [-0.05, 0) is 12.1 Å². The number of aromatic carboxylic acids is 1. The minimum Gasteiger partial charge on any atom is -0.493 e. The Labute approximate surface area is 109 Å². The number of carbonyl (C=O) groups is 1. The fraction of sp³-hybridized carbons (Fsp3) is 0.250. The maximum atomic E-state index is 11.1. The summed E-state index contributed by atoms with van der Waals surface area (Å²) in [5.74, 6) is -0.528. The van der Waals surface area contributed by atoms with Crippen LogP contribution in [0.4, 0.5) is 0 Å². The molecule has 0 amide bonds. The first-order valence-electron chi connectivity index (χ1n) is 5.50. The van der Waals surface area contributed by atoms with Gasteiger partial charge in [0.25, 0.3) is 0 Å². The van der Waals surface area contributed by atoms with E-state index in [9.17, 15) is 4.79 Å². The summed E-state index contributed by atoms with van der Waals surface area (Å²) < 4.78 is 12.1. The molecule has 0 saturated heterocycles. The van der Waals surface area contributed by atoms with E-state index in [1.807, 2.05) is 0 Å². The molecule has 0 aliphatic rings. The number of aryl methyl sites for hydroxylation is 1. The van der Waals surface area contributed by atoms with E-state index in [0.29, 0.717) is 11.4 Å². The van der Waals surface area contributed by atoms with E-state index < -0.39 is 5.97 Å². The van der Waals surface area contributed by atoms with Crippen molar-refractivity contribution in [3.8, 4) is 11.5 Å². The molecule has 1 N–H and O–H groups in total. The molecule has 7 nitrogen and oxygen atoms in total. The number of nitrogens with zero attached hydrogens (tertiary/aromatic N) is 3. The summed E-state index contributed by atoms with van der Waals surface area (Å²) >= 11 is 0. The number of hydrogen-bond donors (Lipinski definition) is 1. The summed E-state index contributed by atoms with van der Waals surface area (Å²) in [6.07, 6.45) is 1.69. The second kappa shape index (κ2) is 5.38. The molecule has 2 rings (SSSR count). The van der Waals surface area contributed by atoms with E-state index in [4.69, 9.17) is 14.6 Å². The van der Waals surface area contributed by atoms with Crippen molar-refractivity contribution < 1.29 is 19.4 Å². The monoisotopic (exact) mass is 263 g/mol. The Hall–Kier alpha value is -2.57. The Morgan fingerprint density at radius 3 is 2.84 bits per heavy atom. The lowest BCUT2D eigenvalue weighted by atomic mass is 10.2. The molecule has 0 radical (unpaired) electrons. The van der Waals surface area contributed by atoms with Crippen LogP contribution >= 0.6 is 0 Å². The van der Waals surface area contributed by atoms with Crippen LogP contribution in [-0.2, 0) is 13.7 Å². The number of rotatable bonds is 5. The van der Waals surface area contributed by atoms with Crippen molar-refractivity contribution in [2.45, 2.75) is 6.61 Å². The molecule has 0 bridgehead atoms. The number of para-hydroxylation sites is 1. The molecule has 2 aromatic rings. The molecule has 1 aromatic carbocycles.